The molecule has 0 aliphatic heterocycles. The van der Waals surface area contributed by atoms with Gasteiger partial charge >= 0.3 is 0 Å². The molecule has 64 valence electrons. The maximum Gasteiger partial charge on any atom is 0.217 e. The summed E-state index contributed by atoms with van der Waals surface area (Å²) in [6, 6.07) is 0.470. The van der Waals surface area contributed by atoms with E-state index in [1.807, 2.05) is 0 Å². The first-order valence-corrected chi connectivity index (χ1v) is 4.49. The highest BCUT2D eigenvalue weighted by Gasteiger charge is 2.23. The van der Waals surface area contributed by atoms with E-state index in [-0.39, 0.29) is 5.91 Å². The third-order valence-electron chi connectivity index (χ3n) is 2.53. The van der Waals surface area contributed by atoms with E-state index in [1.165, 1.54) is 25.7 Å². The Bertz CT molecular complexity index is 144. The summed E-state index contributed by atoms with van der Waals surface area (Å²) in [5.41, 5.74) is 0. The van der Waals surface area contributed by atoms with E-state index < -0.39 is 0 Å². The quantitative estimate of drug-likeness (QED) is 0.646. The molecule has 1 N–H and O–H groups in total. The molecule has 0 aromatic rings. The average molecular weight is 155 g/mol. The molecule has 1 rings (SSSR count). The van der Waals surface area contributed by atoms with Gasteiger partial charge in [-0.05, 0) is 25.2 Å². The molecule has 0 spiro atoms. The third-order valence-corrected chi connectivity index (χ3v) is 2.53. The molecule has 2 nitrogen and oxygen atoms in total. The minimum Gasteiger partial charge on any atom is -0.354 e. The van der Waals surface area contributed by atoms with E-state index in [2.05, 4.69) is 12.2 Å². The van der Waals surface area contributed by atoms with Gasteiger partial charge in [-0.15, -0.1) is 0 Å². The summed E-state index contributed by atoms with van der Waals surface area (Å²) in [5, 5.41) is 2.97. The van der Waals surface area contributed by atoms with Crippen molar-refractivity contribution in [3.05, 3.63) is 0 Å². The Morgan fingerprint density at radius 2 is 2.27 bits per heavy atom. The average Bonchev–Trinajstić information content (AvgIpc) is 2.34. The van der Waals surface area contributed by atoms with Crippen molar-refractivity contribution < 1.29 is 4.79 Å². The highest BCUT2D eigenvalue weighted by Crippen LogP contribution is 2.27. The van der Waals surface area contributed by atoms with Gasteiger partial charge in [0, 0.05) is 13.0 Å². The fraction of sp³-hybridized carbons (Fsp3) is 0.889. The topological polar surface area (TPSA) is 29.1 Å². The fourth-order valence-electron chi connectivity index (χ4n) is 1.86. The maximum absolute atomic E-state index is 10.7. The standard InChI is InChI=1S/C9H17NO/c1-3-8-4-5-9(6-8)10-7(2)11/h8-9H,3-6H2,1-2H3,(H,10,11)/t8-,9+/m0/s1. The molecular formula is C9H17NO. The van der Waals surface area contributed by atoms with Gasteiger partial charge in [-0.3, -0.25) is 4.79 Å². The number of nitrogens with one attached hydrogen (secondary N) is 1. The Kier molecular flexibility index (Phi) is 2.92. The van der Waals surface area contributed by atoms with Crippen LogP contribution in [0.1, 0.15) is 39.5 Å². The monoisotopic (exact) mass is 155 g/mol. The molecule has 0 bridgehead atoms. The van der Waals surface area contributed by atoms with Crippen LogP contribution in [0, 0.1) is 5.92 Å². The summed E-state index contributed by atoms with van der Waals surface area (Å²) in [5.74, 6) is 0.971. The largest absolute Gasteiger partial charge is 0.354 e. The molecule has 1 aliphatic rings. The van der Waals surface area contributed by atoms with Crippen molar-refractivity contribution in [2.75, 3.05) is 0 Å². The number of amides is 1. The van der Waals surface area contributed by atoms with Crippen molar-refractivity contribution in [1.29, 1.82) is 0 Å². The second-order valence-corrected chi connectivity index (χ2v) is 3.48. The van der Waals surface area contributed by atoms with Crippen LogP contribution in [0.3, 0.4) is 0 Å². The number of carbonyl (C=O) groups is 1. The van der Waals surface area contributed by atoms with Crippen molar-refractivity contribution in [3.63, 3.8) is 0 Å². The van der Waals surface area contributed by atoms with E-state index in [4.69, 9.17) is 0 Å². The first kappa shape index (κ1) is 8.57. The summed E-state index contributed by atoms with van der Waals surface area (Å²) in [6.45, 7) is 3.82. The Morgan fingerprint density at radius 1 is 1.55 bits per heavy atom. The minimum atomic E-state index is 0.117. The van der Waals surface area contributed by atoms with E-state index in [0.717, 1.165) is 5.92 Å². The maximum atomic E-state index is 10.7. The first-order chi connectivity index (χ1) is 5.22. The summed E-state index contributed by atoms with van der Waals surface area (Å²) < 4.78 is 0. The molecular weight excluding hydrogens is 138 g/mol. The zero-order chi connectivity index (χ0) is 8.27. The van der Waals surface area contributed by atoms with Crippen LogP contribution < -0.4 is 5.32 Å². The van der Waals surface area contributed by atoms with Crippen LogP contribution in [0.25, 0.3) is 0 Å². The Hall–Kier alpha value is -0.530. The van der Waals surface area contributed by atoms with Gasteiger partial charge in [0.05, 0.1) is 0 Å². The predicted octanol–water partition coefficient (Wildman–Crippen LogP) is 1.70. The molecule has 0 aromatic heterocycles. The van der Waals surface area contributed by atoms with Gasteiger partial charge in [0.15, 0.2) is 0 Å². The number of carbonyl (C=O) groups excluding carboxylic acids is 1. The number of rotatable bonds is 2. The molecule has 11 heavy (non-hydrogen) atoms. The molecule has 2 atom stereocenters. The van der Waals surface area contributed by atoms with Crippen LogP contribution in [0.5, 0.6) is 0 Å². The van der Waals surface area contributed by atoms with Gasteiger partial charge < -0.3 is 5.32 Å². The van der Waals surface area contributed by atoms with E-state index in [1.54, 1.807) is 6.92 Å². The Labute approximate surface area is 68.4 Å². The number of hydrogen-bond acceptors (Lipinski definition) is 1. The van der Waals surface area contributed by atoms with Crippen molar-refractivity contribution in [1.82, 2.24) is 5.32 Å². The molecule has 0 heterocycles. The van der Waals surface area contributed by atoms with E-state index in [9.17, 15) is 4.79 Å². The van der Waals surface area contributed by atoms with Crippen molar-refractivity contribution >= 4 is 5.91 Å². The minimum absolute atomic E-state index is 0.117. The van der Waals surface area contributed by atoms with E-state index >= 15 is 0 Å². The van der Waals surface area contributed by atoms with Crippen LogP contribution in [-0.4, -0.2) is 11.9 Å². The molecule has 2 heteroatoms. The zero-order valence-corrected chi connectivity index (χ0v) is 7.39. The number of hydrogen-bond donors (Lipinski definition) is 1. The lowest BCUT2D eigenvalue weighted by Crippen LogP contribution is -2.30. The molecule has 1 saturated carbocycles. The molecule has 1 fully saturated rings. The van der Waals surface area contributed by atoms with Gasteiger partial charge in [0.2, 0.25) is 5.91 Å². The van der Waals surface area contributed by atoms with Gasteiger partial charge in [-0.25, -0.2) is 0 Å². The van der Waals surface area contributed by atoms with Crippen LogP contribution in [0.15, 0.2) is 0 Å². The van der Waals surface area contributed by atoms with Gasteiger partial charge in [0.25, 0.3) is 0 Å². The predicted molar refractivity (Wildman–Crippen MR) is 45.2 cm³/mol. The van der Waals surface area contributed by atoms with Crippen LogP contribution in [-0.2, 0) is 4.79 Å². The Morgan fingerprint density at radius 3 is 2.73 bits per heavy atom. The van der Waals surface area contributed by atoms with Gasteiger partial charge in [-0.1, -0.05) is 13.3 Å². The van der Waals surface area contributed by atoms with E-state index in [0.29, 0.717) is 6.04 Å². The first-order valence-electron chi connectivity index (χ1n) is 4.49. The lowest BCUT2D eigenvalue weighted by molar-refractivity contribution is -0.119. The Balaban J connectivity index is 2.24. The van der Waals surface area contributed by atoms with Crippen molar-refractivity contribution in [2.24, 2.45) is 5.92 Å². The molecule has 0 unspecified atom stereocenters. The molecule has 0 saturated heterocycles. The highest BCUT2D eigenvalue weighted by molar-refractivity contribution is 5.73. The molecule has 0 radical (unpaired) electrons. The van der Waals surface area contributed by atoms with Crippen LogP contribution >= 0.6 is 0 Å². The lowest BCUT2D eigenvalue weighted by Gasteiger charge is -2.10. The SMILES string of the molecule is CC[C@H]1CC[C@@H](NC(C)=O)C1. The molecule has 1 amide bonds. The second-order valence-electron chi connectivity index (χ2n) is 3.48. The lowest BCUT2D eigenvalue weighted by atomic mass is 10.1. The van der Waals surface area contributed by atoms with Gasteiger partial charge in [-0.2, -0.15) is 0 Å². The summed E-state index contributed by atoms with van der Waals surface area (Å²) in [6.07, 6.45) is 4.92. The van der Waals surface area contributed by atoms with Gasteiger partial charge in [0.1, 0.15) is 0 Å². The van der Waals surface area contributed by atoms with Crippen LogP contribution in [0.2, 0.25) is 0 Å². The second kappa shape index (κ2) is 3.74. The summed E-state index contributed by atoms with van der Waals surface area (Å²) in [7, 11) is 0. The molecule has 1 aliphatic carbocycles. The van der Waals surface area contributed by atoms with Crippen LogP contribution in [0.4, 0.5) is 0 Å². The van der Waals surface area contributed by atoms with Crippen molar-refractivity contribution in [2.45, 2.75) is 45.6 Å². The normalized spacial score (nSPS) is 30.4. The third kappa shape index (κ3) is 2.52. The summed E-state index contributed by atoms with van der Waals surface area (Å²) >= 11 is 0. The molecule has 0 aromatic carbocycles. The van der Waals surface area contributed by atoms with Crippen molar-refractivity contribution in [3.8, 4) is 0 Å². The fourth-order valence-corrected chi connectivity index (χ4v) is 1.86. The summed E-state index contributed by atoms with van der Waals surface area (Å²) in [4.78, 5) is 10.7. The smallest absolute Gasteiger partial charge is 0.217 e. The zero-order valence-electron chi connectivity index (χ0n) is 7.39. The highest BCUT2D eigenvalue weighted by atomic mass is 16.1.